The van der Waals surface area contributed by atoms with Crippen molar-refractivity contribution in [2.24, 2.45) is 5.73 Å². The minimum Gasteiger partial charge on any atom is -0.369 e. The van der Waals surface area contributed by atoms with Crippen LogP contribution in [0, 0.1) is 6.92 Å². The molecule has 6 nitrogen and oxygen atoms in total. The molecule has 0 bridgehead atoms. The number of hydrogen-bond acceptors (Lipinski definition) is 6. The average molecular weight is 331 g/mol. The van der Waals surface area contributed by atoms with Crippen LogP contribution in [0.25, 0.3) is 0 Å². The summed E-state index contributed by atoms with van der Waals surface area (Å²) >= 11 is 1.62. The Balaban J connectivity index is 1.63. The smallest absolute Gasteiger partial charge is 0.231 e. The molecule has 1 aliphatic rings. The van der Waals surface area contributed by atoms with E-state index in [1.807, 2.05) is 25.3 Å². The number of aryl methyl sites for hydroxylation is 1. The predicted molar refractivity (Wildman–Crippen MR) is 92.0 cm³/mol. The second-order valence-corrected chi connectivity index (χ2v) is 7.10. The second kappa shape index (κ2) is 7.06. The molecule has 3 rings (SSSR count). The van der Waals surface area contributed by atoms with Gasteiger partial charge < -0.3 is 11.1 Å². The van der Waals surface area contributed by atoms with Crippen LogP contribution in [-0.4, -0.2) is 40.4 Å². The van der Waals surface area contributed by atoms with Crippen LogP contribution in [0.2, 0.25) is 0 Å². The number of hydrogen-bond donors (Lipinski definition) is 2. The van der Waals surface area contributed by atoms with E-state index in [1.54, 1.807) is 11.3 Å². The summed E-state index contributed by atoms with van der Waals surface area (Å²) in [5.41, 5.74) is 6.36. The highest BCUT2D eigenvalue weighted by molar-refractivity contribution is 7.15. The fraction of sp³-hybridized carbons (Fsp3) is 0.438. The molecule has 0 aliphatic carbocycles. The number of thiazole rings is 1. The number of amides is 1. The molecule has 122 valence electrons. The number of anilines is 2. The maximum atomic E-state index is 11.0. The molecule has 3 N–H and O–H groups in total. The van der Waals surface area contributed by atoms with Gasteiger partial charge in [-0.1, -0.05) is 6.07 Å². The third-order valence-electron chi connectivity index (χ3n) is 4.01. The zero-order chi connectivity index (χ0) is 16.2. The number of primary amides is 1. The van der Waals surface area contributed by atoms with Gasteiger partial charge in [0.25, 0.3) is 0 Å². The van der Waals surface area contributed by atoms with E-state index in [1.165, 1.54) is 4.88 Å². The first kappa shape index (κ1) is 15.9. The number of nitrogens with zero attached hydrogens (tertiary/aromatic N) is 3. The minimum absolute atomic E-state index is 0.258. The highest BCUT2D eigenvalue weighted by Gasteiger charge is 2.22. The number of carbonyl (C=O) groups excluding carboxylic acids is 1. The minimum atomic E-state index is -0.258. The zero-order valence-corrected chi connectivity index (χ0v) is 14.0. The molecule has 23 heavy (non-hydrogen) atoms. The van der Waals surface area contributed by atoms with Gasteiger partial charge in [-0.2, -0.15) is 0 Å². The lowest BCUT2D eigenvalue weighted by Gasteiger charge is -2.30. The van der Waals surface area contributed by atoms with Crippen LogP contribution in [0.5, 0.6) is 0 Å². The molecule has 7 heteroatoms. The van der Waals surface area contributed by atoms with Crippen molar-refractivity contribution >= 4 is 28.2 Å². The summed E-state index contributed by atoms with van der Waals surface area (Å²) in [6.07, 6.45) is 3.85. The molecule has 1 saturated heterocycles. The SMILES string of the molecule is Cc1cnc(Nc2cccc(C3CCN(CC(N)=O)CC3)n2)s1. The van der Waals surface area contributed by atoms with Crippen LogP contribution < -0.4 is 11.1 Å². The number of aromatic nitrogens is 2. The van der Waals surface area contributed by atoms with E-state index >= 15 is 0 Å². The Morgan fingerprint density at radius 2 is 2.22 bits per heavy atom. The normalized spacial score (nSPS) is 16.4. The predicted octanol–water partition coefficient (Wildman–Crippen LogP) is 2.25. The first-order valence-electron chi connectivity index (χ1n) is 7.77. The van der Waals surface area contributed by atoms with E-state index in [-0.39, 0.29) is 5.91 Å². The standard InChI is InChI=1S/C16H21N5OS/c1-11-9-18-16(23-11)20-15-4-2-3-13(19-15)12-5-7-21(8-6-12)10-14(17)22/h2-4,9,12H,5-8,10H2,1H3,(H2,17,22)(H,18,19,20). The highest BCUT2D eigenvalue weighted by Crippen LogP contribution is 2.28. The van der Waals surface area contributed by atoms with Crippen LogP contribution >= 0.6 is 11.3 Å². The second-order valence-electron chi connectivity index (χ2n) is 5.87. The van der Waals surface area contributed by atoms with Gasteiger partial charge in [-0.05, 0) is 45.0 Å². The van der Waals surface area contributed by atoms with Crippen molar-refractivity contribution in [1.82, 2.24) is 14.9 Å². The fourth-order valence-corrected chi connectivity index (χ4v) is 3.55. The number of carbonyl (C=O) groups is 1. The Kier molecular flexibility index (Phi) is 4.88. The molecule has 2 aromatic heterocycles. The van der Waals surface area contributed by atoms with Gasteiger partial charge in [0.05, 0.1) is 6.54 Å². The van der Waals surface area contributed by atoms with Crippen LogP contribution in [0.3, 0.4) is 0 Å². The molecule has 2 aromatic rings. The van der Waals surface area contributed by atoms with Crippen molar-refractivity contribution in [3.8, 4) is 0 Å². The number of likely N-dealkylation sites (tertiary alicyclic amines) is 1. The number of pyridine rings is 1. The van der Waals surface area contributed by atoms with Crippen molar-refractivity contribution in [3.63, 3.8) is 0 Å². The molecule has 0 saturated carbocycles. The van der Waals surface area contributed by atoms with Crippen molar-refractivity contribution in [3.05, 3.63) is 35.0 Å². The third kappa shape index (κ3) is 4.27. The fourth-order valence-electron chi connectivity index (χ4n) is 2.88. The molecule has 0 radical (unpaired) electrons. The maximum absolute atomic E-state index is 11.0. The monoisotopic (exact) mass is 331 g/mol. The Bertz CT molecular complexity index is 679. The molecular weight excluding hydrogens is 310 g/mol. The van der Waals surface area contributed by atoms with Crippen molar-refractivity contribution < 1.29 is 4.79 Å². The zero-order valence-electron chi connectivity index (χ0n) is 13.2. The van der Waals surface area contributed by atoms with Crippen LogP contribution in [0.15, 0.2) is 24.4 Å². The number of nitrogens with two attached hydrogens (primary N) is 1. The van der Waals surface area contributed by atoms with E-state index in [0.717, 1.165) is 42.6 Å². The van der Waals surface area contributed by atoms with Gasteiger partial charge in [0, 0.05) is 22.7 Å². The summed E-state index contributed by atoms with van der Waals surface area (Å²) in [6.45, 7) is 4.16. The van der Waals surface area contributed by atoms with E-state index in [2.05, 4.69) is 21.3 Å². The lowest BCUT2D eigenvalue weighted by molar-refractivity contribution is -0.119. The van der Waals surface area contributed by atoms with E-state index in [9.17, 15) is 4.79 Å². The molecule has 0 atom stereocenters. The average Bonchev–Trinajstić information content (AvgIpc) is 2.93. The molecular formula is C16H21N5OS. The summed E-state index contributed by atoms with van der Waals surface area (Å²) in [5.74, 6) is 1.00. The largest absolute Gasteiger partial charge is 0.369 e. The van der Waals surface area contributed by atoms with Crippen molar-refractivity contribution in [2.75, 3.05) is 25.0 Å². The van der Waals surface area contributed by atoms with Gasteiger partial charge in [-0.3, -0.25) is 9.69 Å². The lowest BCUT2D eigenvalue weighted by Crippen LogP contribution is -2.39. The maximum Gasteiger partial charge on any atom is 0.231 e. The van der Waals surface area contributed by atoms with Crippen LogP contribution in [0.4, 0.5) is 10.9 Å². The van der Waals surface area contributed by atoms with E-state index in [4.69, 9.17) is 10.7 Å². The first-order chi connectivity index (χ1) is 11.1. The summed E-state index contributed by atoms with van der Waals surface area (Å²) in [5, 5.41) is 4.13. The quantitative estimate of drug-likeness (QED) is 0.878. The summed E-state index contributed by atoms with van der Waals surface area (Å²) in [7, 11) is 0. The van der Waals surface area contributed by atoms with Gasteiger partial charge in [0.1, 0.15) is 5.82 Å². The lowest BCUT2D eigenvalue weighted by atomic mass is 9.93. The topological polar surface area (TPSA) is 84.1 Å². The Hall–Kier alpha value is -1.99. The Morgan fingerprint density at radius 3 is 2.87 bits per heavy atom. The Labute approximate surface area is 139 Å². The first-order valence-corrected chi connectivity index (χ1v) is 8.59. The third-order valence-corrected chi connectivity index (χ3v) is 4.84. The van der Waals surface area contributed by atoms with E-state index in [0.29, 0.717) is 12.5 Å². The summed E-state index contributed by atoms with van der Waals surface area (Å²) < 4.78 is 0. The summed E-state index contributed by atoms with van der Waals surface area (Å²) in [4.78, 5) is 23.3. The molecule has 0 unspecified atom stereocenters. The number of piperidine rings is 1. The molecule has 0 aromatic carbocycles. The molecule has 3 heterocycles. The molecule has 1 fully saturated rings. The molecule has 0 spiro atoms. The van der Waals surface area contributed by atoms with E-state index < -0.39 is 0 Å². The van der Waals surface area contributed by atoms with Crippen molar-refractivity contribution in [1.29, 1.82) is 0 Å². The number of rotatable bonds is 5. The van der Waals surface area contributed by atoms with Crippen molar-refractivity contribution in [2.45, 2.75) is 25.7 Å². The van der Waals surface area contributed by atoms with Gasteiger partial charge >= 0.3 is 0 Å². The number of nitrogens with one attached hydrogen (secondary N) is 1. The van der Waals surface area contributed by atoms with Gasteiger partial charge in [0.15, 0.2) is 5.13 Å². The highest BCUT2D eigenvalue weighted by atomic mass is 32.1. The van der Waals surface area contributed by atoms with Crippen LogP contribution in [0.1, 0.15) is 29.3 Å². The molecule has 1 amide bonds. The van der Waals surface area contributed by atoms with Gasteiger partial charge in [-0.25, -0.2) is 9.97 Å². The van der Waals surface area contributed by atoms with Gasteiger partial charge in [-0.15, -0.1) is 11.3 Å². The summed E-state index contributed by atoms with van der Waals surface area (Å²) in [6, 6.07) is 6.07. The van der Waals surface area contributed by atoms with Gasteiger partial charge in [0.2, 0.25) is 5.91 Å². The Morgan fingerprint density at radius 1 is 1.43 bits per heavy atom. The van der Waals surface area contributed by atoms with Crippen LogP contribution in [-0.2, 0) is 4.79 Å². The molecule has 1 aliphatic heterocycles.